The number of aromatic nitrogens is 2. The summed E-state index contributed by atoms with van der Waals surface area (Å²) in [6, 6.07) is 1.83. The van der Waals surface area contributed by atoms with E-state index in [4.69, 9.17) is 14.2 Å². The zero-order valence-corrected chi connectivity index (χ0v) is 13.4. The molecule has 1 atom stereocenters. The van der Waals surface area contributed by atoms with Crippen LogP contribution >= 0.6 is 0 Å². The molecule has 0 saturated carbocycles. The summed E-state index contributed by atoms with van der Waals surface area (Å²) in [5.74, 6) is 1.99. The minimum absolute atomic E-state index is 0.105. The fourth-order valence-electron chi connectivity index (χ4n) is 3.58. The van der Waals surface area contributed by atoms with Crippen molar-refractivity contribution >= 4 is 0 Å². The number of ether oxygens (including phenoxy) is 3. The molecular formula is C16H19N3O4. The molecule has 0 bridgehead atoms. The molecule has 3 heterocycles. The van der Waals surface area contributed by atoms with E-state index in [1.165, 1.54) is 0 Å². The maximum absolute atomic E-state index is 12.3. The van der Waals surface area contributed by atoms with Gasteiger partial charge < -0.3 is 19.3 Å². The highest BCUT2D eigenvalue weighted by Gasteiger charge is 2.36. The Bertz CT molecular complexity index is 823. The predicted molar refractivity (Wildman–Crippen MR) is 83.4 cm³/mol. The Morgan fingerprint density at radius 2 is 2.13 bits per heavy atom. The molecule has 0 unspecified atom stereocenters. The first-order chi connectivity index (χ1) is 11.1. The summed E-state index contributed by atoms with van der Waals surface area (Å²) in [6.07, 6.45) is 0.872. The third kappa shape index (κ3) is 1.96. The molecule has 1 aromatic carbocycles. The predicted octanol–water partition coefficient (Wildman–Crippen LogP) is 1.33. The summed E-state index contributed by atoms with van der Waals surface area (Å²) in [5.41, 5.74) is 3.56. The van der Waals surface area contributed by atoms with Gasteiger partial charge in [-0.1, -0.05) is 0 Å². The number of hydrogen-bond donors (Lipinski definition) is 2. The molecule has 7 nitrogen and oxygen atoms in total. The molecule has 2 aromatic rings. The van der Waals surface area contributed by atoms with Crippen LogP contribution in [0.25, 0.3) is 0 Å². The van der Waals surface area contributed by atoms with Crippen molar-refractivity contribution < 1.29 is 14.2 Å². The van der Waals surface area contributed by atoms with Gasteiger partial charge in [0.2, 0.25) is 12.5 Å². The number of hydrogen-bond acceptors (Lipinski definition) is 5. The monoisotopic (exact) mass is 317 g/mol. The van der Waals surface area contributed by atoms with Crippen molar-refractivity contribution in [2.24, 2.45) is 0 Å². The number of rotatable bonds is 2. The SMILES string of the molecule is COc1c2c(cc3c1[C@@H](c1c(C)[nH][nH]c1=O)N(C)CC3)OCO2. The first kappa shape index (κ1) is 14.2. The van der Waals surface area contributed by atoms with Crippen LogP contribution in [0.2, 0.25) is 0 Å². The van der Waals surface area contributed by atoms with Crippen molar-refractivity contribution in [1.29, 1.82) is 0 Å². The summed E-state index contributed by atoms with van der Waals surface area (Å²) < 4.78 is 16.8. The van der Waals surface area contributed by atoms with Gasteiger partial charge in [0.1, 0.15) is 0 Å². The standard InChI is InChI=1S/C16H19N3O4/c1-8-11(16(20)18-17-8)13-12-9(4-5-19(13)2)6-10-14(15(12)21-3)23-7-22-10/h6,13H,4-5,7H2,1-3H3,(H2,17,18,20)/t13-/m1/s1. The molecule has 7 heteroatoms. The van der Waals surface area contributed by atoms with Crippen molar-refractivity contribution in [3.05, 3.63) is 38.8 Å². The van der Waals surface area contributed by atoms with Crippen molar-refractivity contribution in [3.8, 4) is 17.2 Å². The second kappa shape index (κ2) is 5.06. The Hall–Kier alpha value is -2.41. The van der Waals surface area contributed by atoms with E-state index in [0.29, 0.717) is 22.8 Å². The lowest BCUT2D eigenvalue weighted by Crippen LogP contribution is -2.35. The van der Waals surface area contributed by atoms with Crippen LogP contribution in [0, 0.1) is 6.92 Å². The molecule has 0 fully saturated rings. The van der Waals surface area contributed by atoms with E-state index in [1.807, 2.05) is 20.0 Å². The van der Waals surface area contributed by atoms with Gasteiger partial charge in [-0.3, -0.25) is 14.8 Å². The largest absolute Gasteiger partial charge is 0.492 e. The van der Waals surface area contributed by atoms with Gasteiger partial charge in [-0.05, 0) is 32.0 Å². The van der Waals surface area contributed by atoms with Gasteiger partial charge in [0, 0.05) is 17.8 Å². The molecule has 1 aromatic heterocycles. The van der Waals surface area contributed by atoms with Crippen molar-refractivity contribution in [1.82, 2.24) is 15.1 Å². The second-order valence-electron chi connectivity index (χ2n) is 5.97. The van der Waals surface area contributed by atoms with E-state index < -0.39 is 0 Å². The van der Waals surface area contributed by atoms with E-state index >= 15 is 0 Å². The molecule has 0 spiro atoms. The Labute approximate surface area is 133 Å². The van der Waals surface area contributed by atoms with Gasteiger partial charge in [-0.2, -0.15) is 0 Å². The summed E-state index contributed by atoms with van der Waals surface area (Å²) in [4.78, 5) is 14.5. The maximum Gasteiger partial charge on any atom is 0.269 e. The van der Waals surface area contributed by atoms with E-state index in [0.717, 1.165) is 29.8 Å². The maximum atomic E-state index is 12.3. The third-order valence-electron chi connectivity index (χ3n) is 4.68. The summed E-state index contributed by atoms with van der Waals surface area (Å²) in [7, 11) is 3.64. The number of likely N-dealkylation sites (N-methyl/N-ethyl adjacent to an activating group) is 1. The van der Waals surface area contributed by atoms with E-state index in [9.17, 15) is 4.79 Å². The number of nitrogens with zero attached hydrogens (tertiary/aromatic N) is 1. The van der Waals surface area contributed by atoms with Crippen molar-refractivity contribution in [2.45, 2.75) is 19.4 Å². The average Bonchev–Trinajstić information content (AvgIpc) is 3.13. The van der Waals surface area contributed by atoms with Crippen LogP contribution in [-0.4, -0.2) is 42.6 Å². The Morgan fingerprint density at radius 1 is 1.30 bits per heavy atom. The first-order valence-electron chi connectivity index (χ1n) is 7.58. The summed E-state index contributed by atoms with van der Waals surface area (Å²) in [5, 5.41) is 5.59. The number of H-pyrrole nitrogens is 2. The number of aromatic amines is 2. The summed E-state index contributed by atoms with van der Waals surface area (Å²) >= 11 is 0. The lowest BCUT2D eigenvalue weighted by Gasteiger charge is -2.35. The van der Waals surface area contributed by atoms with Gasteiger partial charge >= 0.3 is 0 Å². The molecule has 0 aliphatic carbocycles. The third-order valence-corrected chi connectivity index (χ3v) is 4.68. The van der Waals surface area contributed by atoms with Gasteiger partial charge in [0.05, 0.1) is 18.7 Å². The molecule has 0 radical (unpaired) electrons. The Morgan fingerprint density at radius 3 is 2.83 bits per heavy atom. The topological polar surface area (TPSA) is 79.6 Å². The van der Waals surface area contributed by atoms with Gasteiger partial charge in [0.25, 0.3) is 5.56 Å². The van der Waals surface area contributed by atoms with E-state index in [-0.39, 0.29) is 18.4 Å². The van der Waals surface area contributed by atoms with Gasteiger partial charge in [-0.15, -0.1) is 0 Å². The van der Waals surface area contributed by atoms with Gasteiger partial charge in [0.15, 0.2) is 11.5 Å². The molecule has 0 saturated heterocycles. The normalized spacial score (nSPS) is 19.7. The molecule has 2 aliphatic rings. The lowest BCUT2D eigenvalue weighted by molar-refractivity contribution is 0.171. The fraction of sp³-hybridized carbons (Fsp3) is 0.438. The minimum Gasteiger partial charge on any atom is -0.492 e. The van der Waals surface area contributed by atoms with Crippen LogP contribution in [0.5, 0.6) is 17.2 Å². The van der Waals surface area contributed by atoms with Crippen molar-refractivity contribution in [3.63, 3.8) is 0 Å². The first-order valence-corrected chi connectivity index (χ1v) is 7.58. The van der Waals surface area contributed by atoms with Crippen LogP contribution in [-0.2, 0) is 6.42 Å². The highest BCUT2D eigenvalue weighted by Crippen LogP contribution is 2.50. The Balaban J connectivity index is 2.00. The minimum atomic E-state index is -0.182. The zero-order chi connectivity index (χ0) is 16.1. The number of nitrogens with one attached hydrogen (secondary N) is 2. The second-order valence-corrected chi connectivity index (χ2v) is 5.97. The number of fused-ring (bicyclic) bond motifs is 2. The number of methoxy groups -OCH3 is 1. The molecule has 23 heavy (non-hydrogen) atoms. The average molecular weight is 317 g/mol. The van der Waals surface area contributed by atoms with Gasteiger partial charge in [-0.25, -0.2) is 0 Å². The summed E-state index contributed by atoms with van der Waals surface area (Å²) in [6.45, 7) is 2.94. The Kier molecular flexibility index (Phi) is 3.12. The molecule has 2 N–H and O–H groups in total. The zero-order valence-electron chi connectivity index (χ0n) is 13.4. The highest BCUT2D eigenvalue weighted by molar-refractivity contribution is 5.63. The van der Waals surface area contributed by atoms with Crippen LogP contribution in [0.15, 0.2) is 10.9 Å². The van der Waals surface area contributed by atoms with E-state index in [1.54, 1.807) is 7.11 Å². The number of aryl methyl sites for hydroxylation is 1. The highest BCUT2D eigenvalue weighted by atomic mass is 16.7. The van der Waals surface area contributed by atoms with E-state index in [2.05, 4.69) is 15.1 Å². The molecule has 122 valence electrons. The fourth-order valence-corrected chi connectivity index (χ4v) is 3.58. The van der Waals surface area contributed by atoms with Crippen LogP contribution < -0.4 is 19.8 Å². The molecule has 0 amide bonds. The quantitative estimate of drug-likeness (QED) is 0.873. The smallest absolute Gasteiger partial charge is 0.269 e. The lowest BCUT2D eigenvalue weighted by atomic mass is 9.87. The van der Waals surface area contributed by atoms with Crippen LogP contribution in [0.3, 0.4) is 0 Å². The number of benzene rings is 1. The molecule has 2 aliphatic heterocycles. The van der Waals surface area contributed by atoms with Crippen LogP contribution in [0.4, 0.5) is 0 Å². The van der Waals surface area contributed by atoms with Crippen molar-refractivity contribution in [2.75, 3.05) is 27.5 Å². The van der Waals surface area contributed by atoms with Crippen LogP contribution in [0.1, 0.15) is 28.4 Å². The molecule has 4 rings (SSSR count). The molecular weight excluding hydrogens is 298 g/mol.